The van der Waals surface area contributed by atoms with Gasteiger partial charge in [-0.1, -0.05) is 44.2 Å². The van der Waals surface area contributed by atoms with E-state index in [-0.39, 0.29) is 18.1 Å². The number of nitrogens with zero attached hydrogens (tertiary/aromatic N) is 1. The van der Waals surface area contributed by atoms with Crippen molar-refractivity contribution in [3.8, 4) is 0 Å². The van der Waals surface area contributed by atoms with Crippen LogP contribution in [-0.2, 0) is 20.7 Å². The van der Waals surface area contributed by atoms with Crippen molar-refractivity contribution in [2.45, 2.75) is 57.4 Å². The summed E-state index contributed by atoms with van der Waals surface area (Å²) in [5.41, 5.74) is 1.00. The van der Waals surface area contributed by atoms with Gasteiger partial charge in [0.25, 0.3) is 0 Å². The summed E-state index contributed by atoms with van der Waals surface area (Å²) in [7, 11) is 0. The van der Waals surface area contributed by atoms with E-state index in [0.29, 0.717) is 51.6 Å². The molecule has 172 valence electrons. The minimum Gasteiger partial charge on any atom is -0.444 e. The molecule has 8 nitrogen and oxygen atoms in total. The molecule has 0 spiro atoms. The molecule has 31 heavy (non-hydrogen) atoms. The maximum atomic E-state index is 12.5. The van der Waals surface area contributed by atoms with Crippen molar-refractivity contribution in [3.05, 3.63) is 35.9 Å². The van der Waals surface area contributed by atoms with Gasteiger partial charge in [0.15, 0.2) is 0 Å². The molecule has 0 saturated carbocycles. The van der Waals surface area contributed by atoms with Crippen molar-refractivity contribution in [1.82, 2.24) is 15.5 Å². The molecule has 2 saturated heterocycles. The van der Waals surface area contributed by atoms with E-state index in [2.05, 4.69) is 24.5 Å². The normalized spacial score (nSPS) is 23.1. The second kappa shape index (κ2) is 11.5. The van der Waals surface area contributed by atoms with Crippen LogP contribution in [0.1, 0.15) is 32.3 Å². The van der Waals surface area contributed by atoms with Gasteiger partial charge in [0.2, 0.25) is 5.91 Å². The molecule has 0 aliphatic carbocycles. The van der Waals surface area contributed by atoms with Gasteiger partial charge in [0, 0.05) is 26.1 Å². The molecule has 8 heteroatoms. The molecule has 0 aromatic heterocycles. The van der Waals surface area contributed by atoms with Gasteiger partial charge in [-0.25, -0.2) is 4.79 Å². The molecular weight excluding hydrogens is 398 g/mol. The zero-order valence-electron chi connectivity index (χ0n) is 18.5. The number of carbonyl (C=O) groups excluding carboxylic acids is 2. The second-order valence-corrected chi connectivity index (χ2v) is 8.84. The molecule has 1 aromatic carbocycles. The lowest BCUT2D eigenvalue weighted by Crippen LogP contribution is -2.53. The predicted octanol–water partition coefficient (Wildman–Crippen LogP) is 1.32. The summed E-state index contributed by atoms with van der Waals surface area (Å²) < 4.78 is 10.7. The molecular formula is C23H35N3O5. The molecule has 0 radical (unpaired) electrons. The van der Waals surface area contributed by atoms with Crippen molar-refractivity contribution in [1.29, 1.82) is 0 Å². The highest BCUT2D eigenvalue weighted by atomic mass is 16.6. The molecule has 2 heterocycles. The van der Waals surface area contributed by atoms with Crippen LogP contribution in [0, 0.1) is 5.92 Å². The van der Waals surface area contributed by atoms with Crippen LogP contribution in [0.3, 0.4) is 0 Å². The highest BCUT2D eigenvalue weighted by molar-refractivity contribution is 5.83. The van der Waals surface area contributed by atoms with Gasteiger partial charge in [0.1, 0.15) is 6.10 Å². The third-order valence-electron chi connectivity index (χ3n) is 5.71. The largest absolute Gasteiger partial charge is 0.444 e. The fourth-order valence-electron chi connectivity index (χ4n) is 4.19. The van der Waals surface area contributed by atoms with E-state index in [1.165, 1.54) is 0 Å². The van der Waals surface area contributed by atoms with Crippen molar-refractivity contribution in [2.24, 2.45) is 5.92 Å². The Morgan fingerprint density at radius 2 is 2.06 bits per heavy atom. The van der Waals surface area contributed by atoms with Crippen LogP contribution in [0.5, 0.6) is 0 Å². The number of hydrogen-bond acceptors (Lipinski definition) is 6. The van der Waals surface area contributed by atoms with Crippen molar-refractivity contribution in [2.75, 3.05) is 32.8 Å². The summed E-state index contributed by atoms with van der Waals surface area (Å²) in [5, 5.41) is 16.9. The molecule has 0 bridgehead atoms. The quantitative estimate of drug-likeness (QED) is 0.515. The number of benzene rings is 1. The highest BCUT2D eigenvalue weighted by Crippen LogP contribution is 2.16. The Bertz CT molecular complexity index is 708. The first-order valence-corrected chi connectivity index (χ1v) is 11.2. The number of aliphatic hydroxyl groups excluding tert-OH is 1. The van der Waals surface area contributed by atoms with Crippen molar-refractivity contribution in [3.63, 3.8) is 0 Å². The minimum absolute atomic E-state index is 0.000983. The summed E-state index contributed by atoms with van der Waals surface area (Å²) in [6.07, 6.45) is 0.195. The molecule has 2 aliphatic rings. The fourth-order valence-corrected chi connectivity index (χ4v) is 4.19. The number of hydrogen-bond donors (Lipinski definition) is 3. The average Bonchev–Trinajstić information content (AvgIpc) is 3.39. The SMILES string of the molecule is CC(C)CN(C[C@@H](O)[C@H](Cc1ccccc1)NC(=O)O[C@@H]1CCOC1)[C@H]1CCNC1=O. The molecule has 1 aromatic rings. The van der Waals surface area contributed by atoms with E-state index in [0.717, 1.165) is 12.0 Å². The number of amides is 2. The number of ether oxygens (including phenoxy) is 2. The van der Waals surface area contributed by atoms with Crippen LogP contribution >= 0.6 is 0 Å². The highest BCUT2D eigenvalue weighted by Gasteiger charge is 2.34. The van der Waals surface area contributed by atoms with Crippen LogP contribution in [0.25, 0.3) is 0 Å². The van der Waals surface area contributed by atoms with Crippen LogP contribution in [0.4, 0.5) is 4.79 Å². The second-order valence-electron chi connectivity index (χ2n) is 8.84. The summed E-state index contributed by atoms with van der Waals surface area (Å²) >= 11 is 0. The van der Waals surface area contributed by atoms with Gasteiger partial charge in [-0.2, -0.15) is 0 Å². The lowest BCUT2D eigenvalue weighted by molar-refractivity contribution is -0.124. The van der Waals surface area contributed by atoms with Gasteiger partial charge in [0.05, 0.1) is 31.4 Å². The van der Waals surface area contributed by atoms with E-state index >= 15 is 0 Å². The maximum Gasteiger partial charge on any atom is 0.407 e. The van der Waals surface area contributed by atoms with Crippen molar-refractivity contribution < 1.29 is 24.2 Å². The van der Waals surface area contributed by atoms with E-state index < -0.39 is 18.2 Å². The Morgan fingerprint density at radius 3 is 2.68 bits per heavy atom. The fraction of sp³-hybridized carbons (Fsp3) is 0.652. The molecule has 2 aliphatic heterocycles. The van der Waals surface area contributed by atoms with Gasteiger partial charge in [-0.3, -0.25) is 9.69 Å². The lowest BCUT2D eigenvalue weighted by atomic mass is 9.99. The summed E-state index contributed by atoms with van der Waals surface area (Å²) in [6, 6.07) is 8.93. The first kappa shape index (κ1) is 23.5. The van der Waals surface area contributed by atoms with Crippen LogP contribution in [0.15, 0.2) is 30.3 Å². The first-order valence-electron chi connectivity index (χ1n) is 11.2. The summed E-state index contributed by atoms with van der Waals surface area (Å²) in [6.45, 7) is 6.80. The van der Waals surface area contributed by atoms with E-state index in [1.54, 1.807) is 0 Å². The monoisotopic (exact) mass is 433 g/mol. The third kappa shape index (κ3) is 7.19. The number of nitrogens with one attached hydrogen (secondary N) is 2. The van der Waals surface area contributed by atoms with Crippen LogP contribution in [-0.4, -0.2) is 79.1 Å². The zero-order chi connectivity index (χ0) is 22.2. The topological polar surface area (TPSA) is 100 Å². The van der Waals surface area contributed by atoms with Crippen LogP contribution in [0.2, 0.25) is 0 Å². The number of carbonyl (C=O) groups is 2. The molecule has 3 N–H and O–H groups in total. The Hall–Kier alpha value is -2.16. The number of alkyl carbamates (subject to hydrolysis) is 1. The smallest absolute Gasteiger partial charge is 0.407 e. The molecule has 2 fully saturated rings. The van der Waals surface area contributed by atoms with E-state index in [9.17, 15) is 14.7 Å². The molecule has 4 atom stereocenters. The Balaban J connectivity index is 1.68. The third-order valence-corrected chi connectivity index (χ3v) is 5.71. The number of aliphatic hydroxyl groups is 1. The minimum atomic E-state index is -0.861. The molecule has 0 unspecified atom stereocenters. The van der Waals surface area contributed by atoms with Gasteiger partial charge < -0.3 is 25.2 Å². The Kier molecular flexibility index (Phi) is 8.69. The van der Waals surface area contributed by atoms with Gasteiger partial charge in [-0.15, -0.1) is 0 Å². The van der Waals surface area contributed by atoms with Gasteiger partial charge in [-0.05, 0) is 24.3 Å². The van der Waals surface area contributed by atoms with E-state index in [4.69, 9.17) is 9.47 Å². The number of rotatable bonds is 10. The van der Waals surface area contributed by atoms with Crippen molar-refractivity contribution >= 4 is 12.0 Å². The zero-order valence-corrected chi connectivity index (χ0v) is 18.5. The Labute approximate surface area is 184 Å². The summed E-state index contributed by atoms with van der Waals surface area (Å²) in [5.74, 6) is 0.342. The lowest BCUT2D eigenvalue weighted by Gasteiger charge is -2.33. The van der Waals surface area contributed by atoms with Gasteiger partial charge >= 0.3 is 6.09 Å². The molecule has 2 amide bonds. The first-order chi connectivity index (χ1) is 14.9. The summed E-state index contributed by atoms with van der Waals surface area (Å²) in [4.78, 5) is 26.8. The standard InChI is InChI=1S/C23H35N3O5/c1-16(2)13-26(20-8-10-24-22(20)28)14-21(27)19(12-17-6-4-3-5-7-17)25-23(29)31-18-9-11-30-15-18/h3-7,16,18-21,27H,8-15H2,1-2H3,(H,24,28)(H,25,29)/t18-,19+,20+,21-/m1/s1. The maximum absolute atomic E-state index is 12.5. The van der Waals surface area contributed by atoms with E-state index in [1.807, 2.05) is 35.2 Å². The predicted molar refractivity (Wildman–Crippen MR) is 117 cm³/mol. The average molecular weight is 434 g/mol. The van der Waals surface area contributed by atoms with Crippen LogP contribution < -0.4 is 10.6 Å². The Morgan fingerprint density at radius 1 is 1.29 bits per heavy atom. The molecule has 3 rings (SSSR count).